The summed E-state index contributed by atoms with van der Waals surface area (Å²) in [6.07, 6.45) is 34.1. The molecule has 0 saturated heterocycles. The van der Waals surface area contributed by atoms with Crippen LogP contribution in [0.2, 0.25) is 0 Å². The molecule has 4 aliphatic rings. The van der Waals surface area contributed by atoms with E-state index in [4.69, 9.17) is 32.1 Å². The van der Waals surface area contributed by atoms with Crippen LogP contribution in [0.1, 0.15) is 31.2 Å². The third-order valence-electron chi connectivity index (χ3n) is 7.55. The summed E-state index contributed by atoms with van der Waals surface area (Å²) in [4.78, 5) is 0. The fraction of sp³-hybridized carbons (Fsp3) is 0.385. The lowest BCUT2D eigenvalue weighted by atomic mass is 9.26. The average molecular weight is 332 g/mol. The van der Waals surface area contributed by atoms with Crippen molar-refractivity contribution in [2.75, 3.05) is 0 Å². The standard InChI is InChI=1S/C26H20/c1-6-23(7-2)22-16-20-17-24(19-22,21-14-12-11-13-15-21)25(8-3,9-4)26(23,10-5)18-20/h1-5,11-15,20,22H,16-19H2. The van der Waals surface area contributed by atoms with Crippen LogP contribution in [0.5, 0.6) is 0 Å². The van der Waals surface area contributed by atoms with Crippen LogP contribution in [0.3, 0.4) is 0 Å². The summed E-state index contributed by atoms with van der Waals surface area (Å²) in [7, 11) is 0. The maximum Gasteiger partial charge on any atom is 0.120 e. The van der Waals surface area contributed by atoms with Gasteiger partial charge < -0.3 is 0 Å². The number of benzene rings is 1. The quantitative estimate of drug-likeness (QED) is 0.685. The molecule has 0 aliphatic heterocycles. The molecule has 4 bridgehead atoms. The summed E-state index contributed by atoms with van der Waals surface area (Å²) in [6, 6.07) is 10.3. The summed E-state index contributed by atoms with van der Waals surface area (Å²) in [5, 5.41) is 0. The van der Waals surface area contributed by atoms with Crippen molar-refractivity contribution >= 4 is 0 Å². The minimum Gasteiger partial charge on any atom is -0.119 e. The molecule has 0 N–H and O–H groups in total. The molecule has 0 radical (unpaired) electrons. The maximum absolute atomic E-state index is 6.19. The Bertz CT molecular complexity index is 946. The minimum absolute atomic E-state index is 0.135. The van der Waals surface area contributed by atoms with Crippen molar-refractivity contribution in [2.24, 2.45) is 28.1 Å². The first-order valence-electron chi connectivity index (χ1n) is 8.99. The average Bonchev–Trinajstić information content (AvgIpc) is 2.69. The Kier molecular flexibility index (Phi) is 3.18. The molecule has 0 heterocycles. The van der Waals surface area contributed by atoms with Gasteiger partial charge in [-0.25, -0.2) is 0 Å². The van der Waals surface area contributed by atoms with Gasteiger partial charge in [0.15, 0.2) is 0 Å². The first-order valence-corrected chi connectivity index (χ1v) is 8.99. The van der Waals surface area contributed by atoms with E-state index in [1.54, 1.807) is 0 Å². The van der Waals surface area contributed by atoms with Crippen molar-refractivity contribution in [1.82, 2.24) is 0 Å². The molecule has 0 amide bonds. The largest absolute Gasteiger partial charge is 0.120 e. The lowest BCUT2D eigenvalue weighted by Crippen LogP contribution is -2.73. The van der Waals surface area contributed by atoms with E-state index in [2.05, 4.69) is 41.7 Å². The molecule has 26 heavy (non-hydrogen) atoms. The molecule has 4 fully saturated rings. The van der Waals surface area contributed by atoms with E-state index in [-0.39, 0.29) is 11.3 Å². The predicted molar refractivity (Wildman–Crippen MR) is 105 cm³/mol. The lowest BCUT2D eigenvalue weighted by molar-refractivity contribution is -0.162. The minimum atomic E-state index is -0.998. The van der Waals surface area contributed by atoms with Gasteiger partial charge in [-0.3, -0.25) is 0 Å². The molecule has 0 aromatic heterocycles. The zero-order chi connectivity index (χ0) is 18.6. The Balaban J connectivity index is 2.14. The summed E-state index contributed by atoms with van der Waals surface area (Å²) in [5.74, 6) is 15.4. The van der Waals surface area contributed by atoms with E-state index in [9.17, 15) is 0 Å². The number of hydrogen-bond donors (Lipinski definition) is 0. The monoisotopic (exact) mass is 332 g/mol. The Hall–Kier alpha value is -2.98. The van der Waals surface area contributed by atoms with Gasteiger partial charge in [0.1, 0.15) is 10.8 Å². The van der Waals surface area contributed by atoms with Crippen LogP contribution in [-0.2, 0) is 5.41 Å². The zero-order valence-electron chi connectivity index (χ0n) is 14.8. The van der Waals surface area contributed by atoms with Gasteiger partial charge in [-0.2, -0.15) is 0 Å². The van der Waals surface area contributed by atoms with Crippen LogP contribution in [0.4, 0.5) is 0 Å². The van der Waals surface area contributed by atoms with Gasteiger partial charge >= 0.3 is 0 Å². The normalized spacial score (nSPS) is 37.3. The number of hydrogen-bond acceptors (Lipinski definition) is 0. The van der Waals surface area contributed by atoms with Gasteiger partial charge in [-0.15, -0.1) is 32.1 Å². The first kappa shape index (κ1) is 16.5. The van der Waals surface area contributed by atoms with Crippen molar-refractivity contribution in [3.8, 4) is 61.7 Å². The Morgan fingerprint density at radius 1 is 0.769 bits per heavy atom. The van der Waals surface area contributed by atoms with E-state index < -0.39 is 16.2 Å². The van der Waals surface area contributed by atoms with Crippen molar-refractivity contribution in [3.63, 3.8) is 0 Å². The smallest absolute Gasteiger partial charge is 0.119 e. The Morgan fingerprint density at radius 2 is 1.42 bits per heavy atom. The van der Waals surface area contributed by atoms with Crippen LogP contribution >= 0.6 is 0 Å². The van der Waals surface area contributed by atoms with E-state index in [0.717, 1.165) is 24.8 Å². The third kappa shape index (κ3) is 1.38. The second kappa shape index (κ2) is 5.02. The van der Waals surface area contributed by atoms with Crippen molar-refractivity contribution in [3.05, 3.63) is 35.9 Å². The van der Waals surface area contributed by atoms with Crippen LogP contribution in [0, 0.1) is 89.8 Å². The highest BCUT2D eigenvalue weighted by Gasteiger charge is 2.79. The highest BCUT2D eigenvalue weighted by atomic mass is 14.8. The topological polar surface area (TPSA) is 0 Å². The molecule has 124 valence electrons. The third-order valence-corrected chi connectivity index (χ3v) is 7.55. The second-order valence-corrected chi connectivity index (χ2v) is 8.04. The summed E-state index contributed by atoms with van der Waals surface area (Å²) in [5.41, 5.74) is -1.99. The van der Waals surface area contributed by atoms with Gasteiger partial charge in [0, 0.05) is 5.41 Å². The first-order chi connectivity index (χ1) is 12.5. The summed E-state index contributed by atoms with van der Waals surface area (Å²) in [6.45, 7) is 0. The molecular weight excluding hydrogens is 312 g/mol. The maximum atomic E-state index is 6.19. The van der Waals surface area contributed by atoms with E-state index in [1.807, 2.05) is 18.2 Å². The molecule has 4 unspecified atom stereocenters. The molecule has 0 heteroatoms. The molecule has 5 rings (SSSR count). The number of terminal acetylenes is 5. The summed E-state index contributed by atoms with van der Waals surface area (Å²) >= 11 is 0. The van der Waals surface area contributed by atoms with Crippen molar-refractivity contribution in [2.45, 2.75) is 31.1 Å². The second-order valence-electron chi connectivity index (χ2n) is 8.04. The molecule has 1 aromatic rings. The van der Waals surface area contributed by atoms with Crippen LogP contribution in [0.15, 0.2) is 30.3 Å². The van der Waals surface area contributed by atoms with Gasteiger partial charge in [0.05, 0.1) is 5.41 Å². The SMILES string of the molecule is C#CC1(C#C)C2CC3CC(c4ccccc4)(C2)C(C#C)(C#C)C1(C#C)C3. The molecular formula is C26H20. The van der Waals surface area contributed by atoms with Gasteiger partial charge in [0.2, 0.25) is 0 Å². The molecule has 1 aromatic carbocycles. The molecule has 4 saturated carbocycles. The van der Waals surface area contributed by atoms with Crippen LogP contribution in [-0.4, -0.2) is 0 Å². The Morgan fingerprint density at radius 3 is 1.96 bits per heavy atom. The van der Waals surface area contributed by atoms with Gasteiger partial charge in [-0.1, -0.05) is 59.9 Å². The fourth-order valence-electron chi connectivity index (χ4n) is 6.74. The molecule has 4 aliphatic carbocycles. The van der Waals surface area contributed by atoms with E-state index in [1.165, 1.54) is 0 Å². The molecule has 0 nitrogen and oxygen atoms in total. The predicted octanol–water partition coefficient (Wildman–Crippen LogP) is 3.88. The highest BCUT2D eigenvalue weighted by Crippen LogP contribution is 2.78. The zero-order valence-corrected chi connectivity index (χ0v) is 14.8. The molecule has 4 atom stereocenters. The van der Waals surface area contributed by atoms with Crippen LogP contribution in [0.25, 0.3) is 0 Å². The number of rotatable bonds is 1. The lowest BCUT2D eigenvalue weighted by Gasteiger charge is -2.72. The van der Waals surface area contributed by atoms with E-state index >= 15 is 0 Å². The van der Waals surface area contributed by atoms with E-state index in [0.29, 0.717) is 12.3 Å². The van der Waals surface area contributed by atoms with Crippen molar-refractivity contribution < 1.29 is 0 Å². The van der Waals surface area contributed by atoms with Crippen LogP contribution < -0.4 is 0 Å². The molecule has 0 spiro atoms. The van der Waals surface area contributed by atoms with Gasteiger partial charge in [0.25, 0.3) is 0 Å². The summed E-state index contributed by atoms with van der Waals surface area (Å²) < 4.78 is 0. The highest BCUT2D eigenvalue weighted by molar-refractivity contribution is 5.56. The van der Waals surface area contributed by atoms with Gasteiger partial charge in [-0.05, 0) is 43.1 Å². The Labute approximate surface area is 157 Å². The fourth-order valence-corrected chi connectivity index (χ4v) is 6.74. The van der Waals surface area contributed by atoms with Crippen molar-refractivity contribution in [1.29, 1.82) is 0 Å².